The third kappa shape index (κ3) is 2.86. The van der Waals surface area contributed by atoms with Crippen molar-refractivity contribution in [3.05, 3.63) is 71.0 Å². The van der Waals surface area contributed by atoms with E-state index < -0.39 is 0 Å². The minimum atomic E-state index is -0.0578. The van der Waals surface area contributed by atoms with E-state index in [0.717, 1.165) is 24.0 Å². The molecule has 1 nitrogen and oxygen atoms in total. The maximum absolute atomic E-state index is 13.9. The lowest BCUT2D eigenvalue weighted by Crippen LogP contribution is -2.28. The van der Waals surface area contributed by atoms with Crippen molar-refractivity contribution in [1.29, 1.82) is 0 Å². The Balaban J connectivity index is 1.85. The van der Waals surface area contributed by atoms with Crippen LogP contribution in [0.25, 0.3) is 0 Å². The third-order valence-electron chi connectivity index (χ3n) is 4.42. The minimum absolute atomic E-state index is 0.0578. The SMILES string of the molecule is CC(C)C(NC1CCc2c(F)cccc21)c1ccccc1. The van der Waals surface area contributed by atoms with Crippen molar-refractivity contribution >= 4 is 0 Å². The van der Waals surface area contributed by atoms with Crippen LogP contribution in [0.2, 0.25) is 0 Å². The molecule has 0 saturated heterocycles. The van der Waals surface area contributed by atoms with E-state index in [1.54, 1.807) is 6.07 Å². The van der Waals surface area contributed by atoms with E-state index in [4.69, 9.17) is 0 Å². The molecule has 2 heteroatoms. The zero-order chi connectivity index (χ0) is 14.8. The van der Waals surface area contributed by atoms with E-state index in [1.807, 2.05) is 12.1 Å². The number of fused-ring (bicyclic) bond motifs is 1. The van der Waals surface area contributed by atoms with Gasteiger partial charge in [-0.1, -0.05) is 56.3 Å². The van der Waals surface area contributed by atoms with E-state index in [0.29, 0.717) is 12.0 Å². The van der Waals surface area contributed by atoms with Crippen molar-refractivity contribution in [3.63, 3.8) is 0 Å². The second-order valence-corrected chi connectivity index (χ2v) is 6.20. The molecule has 0 heterocycles. The van der Waals surface area contributed by atoms with E-state index in [-0.39, 0.29) is 11.9 Å². The van der Waals surface area contributed by atoms with Crippen LogP contribution in [-0.2, 0) is 6.42 Å². The van der Waals surface area contributed by atoms with Crippen LogP contribution in [0.3, 0.4) is 0 Å². The first-order chi connectivity index (χ1) is 10.2. The van der Waals surface area contributed by atoms with Crippen LogP contribution in [0.4, 0.5) is 4.39 Å². The van der Waals surface area contributed by atoms with E-state index in [2.05, 4.69) is 49.5 Å². The van der Waals surface area contributed by atoms with Gasteiger partial charge in [0.15, 0.2) is 0 Å². The quantitative estimate of drug-likeness (QED) is 0.850. The van der Waals surface area contributed by atoms with Crippen LogP contribution in [0.1, 0.15) is 49.0 Å². The fraction of sp³-hybridized carbons (Fsp3) is 0.368. The van der Waals surface area contributed by atoms with Crippen LogP contribution in [0, 0.1) is 11.7 Å². The van der Waals surface area contributed by atoms with E-state index in [9.17, 15) is 4.39 Å². The number of rotatable bonds is 4. The average Bonchev–Trinajstić information content (AvgIpc) is 2.90. The first-order valence-corrected chi connectivity index (χ1v) is 7.75. The van der Waals surface area contributed by atoms with Gasteiger partial charge in [-0.3, -0.25) is 0 Å². The minimum Gasteiger partial charge on any atom is -0.303 e. The Morgan fingerprint density at radius 1 is 1.05 bits per heavy atom. The lowest BCUT2D eigenvalue weighted by molar-refractivity contribution is 0.361. The van der Waals surface area contributed by atoms with Gasteiger partial charge in [0.2, 0.25) is 0 Å². The first-order valence-electron chi connectivity index (χ1n) is 7.75. The number of benzene rings is 2. The summed E-state index contributed by atoms with van der Waals surface area (Å²) in [6.07, 6.45) is 1.81. The van der Waals surface area contributed by atoms with Gasteiger partial charge in [0.05, 0.1) is 0 Å². The molecule has 21 heavy (non-hydrogen) atoms. The van der Waals surface area contributed by atoms with Gasteiger partial charge in [0.1, 0.15) is 5.82 Å². The summed E-state index contributed by atoms with van der Waals surface area (Å²) in [7, 11) is 0. The fourth-order valence-corrected chi connectivity index (χ4v) is 3.33. The fourth-order valence-electron chi connectivity index (χ4n) is 3.33. The largest absolute Gasteiger partial charge is 0.303 e. The Bertz CT molecular complexity index is 606. The lowest BCUT2D eigenvalue weighted by atomic mass is 9.94. The van der Waals surface area contributed by atoms with Crippen molar-refractivity contribution in [2.45, 2.75) is 38.8 Å². The van der Waals surface area contributed by atoms with Crippen LogP contribution in [-0.4, -0.2) is 0 Å². The highest BCUT2D eigenvalue weighted by Crippen LogP contribution is 2.35. The Kier molecular flexibility index (Phi) is 4.07. The highest BCUT2D eigenvalue weighted by molar-refractivity contribution is 5.36. The Hall–Kier alpha value is -1.67. The van der Waals surface area contributed by atoms with Crippen LogP contribution >= 0.6 is 0 Å². The van der Waals surface area contributed by atoms with Crippen LogP contribution in [0.15, 0.2) is 48.5 Å². The molecule has 0 bridgehead atoms. The molecule has 3 rings (SSSR count). The molecule has 0 fully saturated rings. The molecule has 110 valence electrons. The van der Waals surface area contributed by atoms with Crippen molar-refractivity contribution in [1.82, 2.24) is 5.32 Å². The van der Waals surface area contributed by atoms with Gasteiger partial charge >= 0.3 is 0 Å². The summed E-state index contributed by atoms with van der Waals surface area (Å²) in [5.74, 6) is 0.433. The molecule has 2 aromatic carbocycles. The molecular weight excluding hydrogens is 261 g/mol. The summed E-state index contributed by atoms with van der Waals surface area (Å²) in [5, 5.41) is 3.75. The summed E-state index contributed by atoms with van der Waals surface area (Å²) in [5.41, 5.74) is 3.33. The van der Waals surface area contributed by atoms with Gasteiger partial charge in [-0.15, -0.1) is 0 Å². The highest BCUT2D eigenvalue weighted by Gasteiger charge is 2.28. The van der Waals surface area contributed by atoms with Gasteiger partial charge in [-0.25, -0.2) is 4.39 Å². The number of nitrogens with one attached hydrogen (secondary N) is 1. The number of halogens is 1. The van der Waals surface area contributed by atoms with E-state index in [1.165, 1.54) is 5.56 Å². The Labute approximate surface area is 126 Å². The van der Waals surface area contributed by atoms with Gasteiger partial charge in [0.25, 0.3) is 0 Å². The van der Waals surface area contributed by atoms with Gasteiger partial charge in [-0.2, -0.15) is 0 Å². The number of hydrogen-bond donors (Lipinski definition) is 1. The first kappa shape index (κ1) is 14.3. The monoisotopic (exact) mass is 283 g/mol. The maximum Gasteiger partial charge on any atom is 0.126 e. The molecular formula is C19H22FN. The Morgan fingerprint density at radius 3 is 2.52 bits per heavy atom. The molecule has 0 aromatic heterocycles. The average molecular weight is 283 g/mol. The molecule has 1 aliphatic carbocycles. The third-order valence-corrected chi connectivity index (χ3v) is 4.42. The summed E-state index contributed by atoms with van der Waals surface area (Å²) >= 11 is 0. The second kappa shape index (κ2) is 5.98. The molecule has 0 spiro atoms. The molecule has 2 atom stereocenters. The predicted molar refractivity (Wildman–Crippen MR) is 84.6 cm³/mol. The molecule has 0 amide bonds. The summed E-state index contributed by atoms with van der Waals surface area (Å²) < 4.78 is 13.9. The predicted octanol–water partition coefficient (Wildman–Crippen LogP) is 4.80. The summed E-state index contributed by atoms with van der Waals surface area (Å²) in [6, 6.07) is 16.5. The summed E-state index contributed by atoms with van der Waals surface area (Å²) in [6.45, 7) is 4.46. The van der Waals surface area contributed by atoms with Gasteiger partial charge < -0.3 is 5.32 Å². The molecule has 0 radical (unpaired) electrons. The zero-order valence-corrected chi connectivity index (χ0v) is 12.6. The standard InChI is InChI=1S/C19H22FN/c1-13(2)19(14-7-4-3-5-8-14)21-18-12-11-15-16(18)9-6-10-17(15)20/h3-10,13,18-19,21H,11-12H2,1-2H3. The molecule has 2 aromatic rings. The molecule has 0 saturated carbocycles. The summed E-state index contributed by atoms with van der Waals surface area (Å²) in [4.78, 5) is 0. The zero-order valence-electron chi connectivity index (χ0n) is 12.6. The smallest absolute Gasteiger partial charge is 0.126 e. The van der Waals surface area contributed by atoms with Crippen molar-refractivity contribution in [2.75, 3.05) is 0 Å². The Morgan fingerprint density at radius 2 is 1.81 bits per heavy atom. The van der Waals surface area contributed by atoms with Crippen LogP contribution < -0.4 is 5.32 Å². The normalized spacial score (nSPS) is 18.8. The van der Waals surface area contributed by atoms with Gasteiger partial charge in [0, 0.05) is 12.1 Å². The van der Waals surface area contributed by atoms with Crippen LogP contribution in [0.5, 0.6) is 0 Å². The molecule has 1 aliphatic rings. The maximum atomic E-state index is 13.9. The van der Waals surface area contributed by atoms with Crippen molar-refractivity contribution < 1.29 is 4.39 Å². The molecule has 2 unspecified atom stereocenters. The molecule has 1 N–H and O–H groups in total. The second-order valence-electron chi connectivity index (χ2n) is 6.20. The molecule has 0 aliphatic heterocycles. The van der Waals surface area contributed by atoms with Crippen molar-refractivity contribution in [2.24, 2.45) is 5.92 Å². The lowest BCUT2D eigenvalue weighted by Gasteiger charge is -2.27. The van der Waals surface area contributed by atoms with Crippen molar-refractivity contribution in [3.8, 4) is 0 Å². The number of hydrogen-bond acceptors (Lipinski definition) is 1. The van der Waals surface area contributed by atoms with E-state index >= 15 is 0 Å². The highest BCUT2D eigenvalue weighted by atomic mass is 19.1. The topological polar surface area (TPSA) is 12.0 Å². The van der Waals surface area contributed by atoms with Gasteiger partial charge in [-0.05, 0) is 41.5 Å².